The fourth-order valence-corrected chi connectivity index (χ4v) is 5.46. The average molecular weight is 406 g/mol. The molecule has 1 N–H and O–H groups in total. The van der Waals surface area contributed by atoms with Crippen LogP contribution in [0.25, 0.3) is 0 Å². The summed E-state index contributed by atoms with van der Waals surface area (Å²) in [5.74, 6) is 0.101. The van der Waals surface area contributed by atoms with Gasteiger partial charge in [-0.2, -0.15) is 0 Å². The molecular formula is C20H27N3O4S. The van der Waals surface area contributed by atoms with Gasteiger partial charge in [-0.25, -0.2) is 4.98 Å². The Hall–Kier alpha value is -1.77. The number of thioether (sulfide) groups is 1. The molecule has 0 spiro atoms. The number of hydrogen-bond donors (Lipinski definition) is 1. The lowest BCUT2D eigenvalue weighted by Gasteiger charge is -2.43. The number of morpholine rings is 1. The lowest BCUT2D eigenvalue weighted by Crippen LogP contribution is -2.56. The van der Waals surface area contributed by atoms with Gasteiger partial charge in [-0.05, 0) is 32.9 Å². The molecule has 2 unspecified atom stereocenters. The van der Waals surface area contributed by atoms with Gasteiger partial charge in [0.1, 0.15) is 11.6 Å². The highest BCUT2D eigenvalue weighted by Crippen LogP contribution is 2.45. The van der Waals surface area contributed by atoms with E-state index in [1.807, 2.05) is 6.92 Å². The van der Waals surface area contributed by atoms with E-state index in [2.05, 4.69) is 29.0 Å². The first-order chi connectivity index (χ1) is 13.2. The minimum Gasteiger partial charge on any atom is -0.378 e. The van der Waals surface area contributed by atoms with Crippen LogP contribution in [0.2, 0.25) is 0 Å². The summed E-state index contributed by atoms with van der Waals surface area (Å²) in [5, 5.41) is 2.40. The van der Waals surface area contributed by atoms with E-state index in [0.29, 0.717) is 31.1 Å². The number of pyridine rings is 1. The Labute approximate surface area is 169 Å². The molecule has 0 bridgehead atoms. The number of rotatable bonds is 5. The first kappa shape index (κ1) is 21.0. The third-order valence-electron chi connectivity index (χ3n) is 5.34. The number of ketones is 2. The molecule has 152 valence electrons. The van der Waals surface area contributed by atoms with Crippen LogP contribution in [-0.4, -0.2) is 69.2 Å². The van der Waals surface area contributed by atoms with Crippen LogP contribution >= 0.6 is 11.8 Å². The summed E-state index contributed by atoms with van der Waals surface area (Å²) in [7, 11) is 0. The molecule has 2 aliphatic heterocycles. The number of Topliss-reactive ketones (excluding diaryl/α,β-unsaturated/α-hetero) is 2. The molecule has 0 saturated carbocycles. The highest BCUT2D eigenvalue weighted by molar-refractivity contribution is 8.03. The van der Waals surface area contributed by atoms with Crippen molar-refractivity contribution in [2.75, 3.05) is 25.1 Å². The van der Waals surface area contributed by atoms with Crippen LogP contribution in [0.1, 0.15) is 44.5 Å². The number of aromatic nitrogens is 1. The normalized spacial score (nSPS) is 31.0. The molecule has 3 rings (SSSR count). The number of ether oxygens (including phenoxy) is 1. The van der Waals surface area contributed by atoms with Crippen molar-refractivity contribution in [1.82, 2.24) is 9.88 Å². The Morgan fingerprint density at radius 2 is 2.00 bits per heavy atom. The molecule has 8 heteroatoms. The fraction of sp³-hybridized carbons (Fsp3) is 0.600. The molecule has 1 aromatic heterocycles. The summed E-state index contributed by atoms with van der Waals surface area (Å²) in [6.45, 7) is 9.15. The van der Waals surface area contributed by atoms with Gasteiger partial charge in [-0.1, -0.05) is 0 Å². The van der Waals surface area contributed by atoms with Crippen molar-refractivity contribution >= 4 is 35.1 Å². The number of carbonyl (C=O) groups excluding carboxylic acids is 3. The summed E-state index contributed by atoms with van der Waals surface area (Å²) in [5.41, 5.74) is 0.460. The zero-order valence-corrected chi connectivity index (χ0v) is 17.5. The molecule has 0 radical (unpaired) electrons. The Balaban J connectivity index is 1.93. The van der Waals surface area contributed by atoms with E-state index in [9.17, 15) is 14.4 Å². The van der Waals surface area contributed by atoms with E-state index in [1.165, 1.54) is 24.9 Å². The number of carbonyl (C=O) groups is 3. The van der Waals surface area contributed by atoms with Crippen LogP contribution in [0.3, 0.4) is 0 Å². The van der Waals surface area contributed by atoms with E-state index < -0.39 is 4.75 Å². The second kappa shape index (κ2) is 8.31. The zero-order valence-electron chi connectivity index (χ0n) is 16.7. The minimum atomic E-state index is -0.842. The van der Waals surface area contributed by atoms with Gasteiger partial charge in [-0.15, -0.1) is 11.8 Å². The smallest absolute Gasteiger partial charge is 0.222 e. The third kappa shape index (κ3) is 4.29. The summed E-state index contributed by atoms with van der Waals surface area (Å²) in [6.07, 6.45) is 1.73. The topological polar surface area (TPSA) is 88.6 Å². The SMILES string of the molecule is CC(=O)Nc1cc(C(=O)C2(CN3[C@H](C)COC[C@@H]3C)CC(=O)C(C)S2)ccn1. The average Bonchev–Trinajstić information content (AvgIpc) is 2.92. The first-order valence-corrected chi connectivity index (χ1v) is 10.4. The number of nitrogens with zero attached hydrogens (tertiary/aromatic N) is 2. The maximum absolute atomic E-state index is 13.6. The van der Waals surface area contributed by atoms with Crippen molar-refractivity contribution in [2.24, 2.45) is 0 Å². The van der Waals surface area contributed by atoms with E-state index >= 15 is 0 Å². The van der Waals surface area contributed by atoms with Crippen LogP contribution in [0, 0.1) is 0 Å². The number of hydrogen-bond acceptors (Lipinski definition) is 7. The molecule has 2 aliphatic rings. The van der Waals surface area contributed by atoms with E-state index in [0.717, 1.165) is 0 Å². The second-order valence-electron chi connectivity index (χ2n) is 7.75. The predicted molar refractivity (Wildman–Crippen MR) is 109 cm³/mol. The van der Waals surface area contributed by atoms with Gasteiger partial charge in [0.05, 0.1) is 23.2 Å². The quantitative estimate of drug-likeness (QED) is 0.751. The van der Waals surface area contributed by atoms with Crippen LogP contribution < -0.4 is 5.32 Å². The molecule has 28 heavy (non-hydrogen) atoms. The predicted octanol–water partition coefficient (Wildman–Crippen LogP) is 2.17. The van der Waals surface area contributed by atoms with Crippen LogP contribution in [-0.2, 0) is 14.3 Å². The van der Waals surface area contributed by atoms with E-state index in [1.54, 1.807) is 12.1 Å². The molecule has 3 heterocycles. The zero-order chi connectivity index (χ0) is 20.5. The number of anilines is 1. The summed E-state index contributed by atoms with van der Waals surface area (Å²) in [4.78, 5) is 43.8. The van der Waals surface area contributed by atoms with Gasteiger partial charge in [0.15, 0.2) is 5.78 Å². The molecular weight excluding hydrogens is 378 g/mol. The summed E-state index contributed by atoms with van der Waals surface area (Å²) in [6, 6.07) is 3.58. The van der Waals surface area contributed by atoms with Crippen molar-refractivity contribution in [1.29, 1.82) is 0 Å². The molecule has 2 saturated heterocycles. The largest absolute Gasteiger partial charge is 0.378 e. The van der Waals surface area contributed by atoms with E-state index in [-0.39, 0.29) is 41.2 Å². The maximum atomic E-state index is 13.6. The molecule has 0 aromatic carbocycles. The Kier molecular flexibility index (Phi) is 6.21. The van der Waals surface area contributed by atoms with Gasteiger partial charge in [0, 0.05) is 43.7 Å². The molecule has 0 aliphatic carbocycles. The Morgan fingerprint density at radius 3 is 2.57 bits per heavy atom. The Bertz CT molecular complexity index is 776. The van der Waals surface area contributed by atoms with E-state index in [4.69, 9.17) is 4.74 Å². The van der Waals surface area contributed by atoms with Crippen molar-refractivity contribution in [3.63, 3.8) is 0 Å². The lowest BCUT2D eigenvalue weighted by atomic mass is 9.90. The third-order valence-corrected chi connectivity index (χ3v) is 6.87. The van der Waals surface area contributed by atoms with Crippen LogP contribution in [0.4, 0.5) is 5.82 Å². The summed E-state index contributed by atoms with van der Waals surface area (Å²) < 4.78 is 4.77. The maximum Gasteiger partial charge on any atom is 0.222 e. The van der Waals surface area contributed by atoms with Crippen LogP contribution in [0.15, 0.2) is 18.3 Å². The van der Waals surface area contributed by atoms with Crippen molar-refractivity contribution in [3.8, 4) is 0 Å². The van der Waals surface area contributed by atoms with Gasteiger partial charge >= 0.3 is 0 Å². The minimum absolute atomic E-state index is 0.0879. The van der Waals surface area contributed by atoms with Gasteiger partial charge in [-0.3, -0.25) is 19.3 Å². The van der Waals surface area contributed by atoms with Gasteiger partial charge in [0.25, 0.3) is 0 Å². The number of amides is 1. The van der Waals surface area contributed by atoms with Gasteiger partial charge < -0.3 is 10.1 Å². The van der Waals surface area contributed by atoms with Crippen LogP contribution in [0.5, 0.6) is 0 Å². The second-order valence-corrected chi connectivity index (χ2v) is 9.47. The standard InChI is InChI=1S/C20H27N3O4S/c1-12-9-27-10-13(2)23(12)11-20(8-17(25)14(3)28-20)19(26)16-5-6-21-18(7-16)22-15(4)24/h5-7,12-14H,8-11H2,1-4H3,(H,21,22,24)/t12-,13+,14?,20?. The fourth-order valence-electron chi connectivity index (χ4n) is 3.89. The van der Waals surface area contributed by atoms with Crippen molar-refractivity contribution in [2.45, 2.75) is 56.2 Å². The summed E-state index contributed by atoms with van der Waals surface area (Å²) >= 11 is 1.45. The van der Waals surface area contributed by atoms with Gasteiger partial charge in [0.2, 0.25) is 5.91 Å². The monoisotopic (exact) mass is 405 g/mol. The Morgan fingerprint density at radius 1 is 1.32 bits per heavy atom. The lowest BCUT2D eigenvalue weighted by molar-refractivity contribution is -0.118. The first-order valence-electron chi connectivity index (χ1n) is 9.54. The van der Waals surface area contributed by atoms with Crippen molar-refractivity contribution < 1.29 is 19.1 Å². The van der Waals surface area contributed by atoms with Crippen molar-refractivity contribution in [3.05, 3.63) is 23.9 Å². The molecule has 1 amide bonds. The molecule has 7 nitrogen and oxygen atoms in total. The number of nitrogens with one attached hydrogen (secondary N) is 1. The highest BCUT2D eigenvalue weighted by Gasteiger charge is 2.51. The molecule has 1 aromatic rings. The highest BCUT2D eigenvalue weighted by atomic mass is 32.2. The molecule has 4 atom stereocenters. The molecule has 2 fully saturated rings.